The predicted molar refractivity (Wildman–Crippen MR) is 141 cm³/mol. The Labute approximate surface area is 201 Å². The molecule has 0 N–H and O–H groups in total. The summed E-state index contributed by atoms with van der Waals surface area (Å²) in [7, 11) is 0. The molecule has 4 rings (SSSR count). The molecule has 0 radical (unpaired) electrons. The predicted octanol–water partition coefficient (Wildman–Crippen LogP) is 8.60. The number of hydrogen-bond acceptors (Lipinski definition) is 2. The molecular weight excluding hydrogens is 406 g/mol. The summed E-state index contributed by atoms with van der Waals surface area (Å²) in [6.45, 7) is 11.8. The number of benzene rings is 1. The average Bonchev–Trinajstić information content (AvgIpc) is 3.01. The molecule has 1 saturated heterocycles. The zero-order chi connectivity index (χ0) is 22.6. The first kappa shape index (κ1) is 23.9. The Balaban J connectivity index is 1.50. The van der Waals surface area contributed by atoms with Crippen molar-refractivity contribution in [2.24, 2.45) is 22.7 Å². The van der Waals surface area contributed by atoms with Crippen molar-refractivity contribution >= 4 is 11.9 Å². The van der Waals surface area contributed by atoms with Crippen molar-refractivity contribution in [1.29, 1.82) is 0 Å². The van der Waals surface area contributed by atoms with E-state index in [2.05, 4.69) is 86.6 Å². The second kappa shape index (κ2) is 10.3. The minimum Gasteiger partial charge on any atom is -0.246 e. The Bertz CT molecular complexity index is 843. The summed E-state index contributed by atoms with van der Waals surface area (Å²) in [5, 5.41) is 0. The zero-order valence-corrected chi connectivity index (χ0v) is 21.6. The molecule has 1 aromatic carbocycles. The van der Waals surface area contributed by atoms with E-state index >= 15 is 0 Å². The fraction of sp³-hybridized carbons (Fsp3) is 0.600. The Kier molecular flexibility index (Phi) is 7.73. The molecule has 1 saturated carbocycles. The van der Waals surface area contributed by atoms with Gasteiger partial charge in [0.25, 0.3) is 0 Å². The molecule has 1 heterocycles. The van der Waals surface area contributed by atoms with Crippen molar-refractivity contribution in [2.45, 2.75) is 79.1 Å². The normalized spacial score (nSPS) is 29.1. The summed E-state index contributed by atoms with van der Waals surface area (Å²) in [6.07, 6.45) is 20.2. The van der Waals surface area contributed by atoms with Gasteiger partial charge in [0, 0.05) is 18.0 Å². The first-order chi connectivity index (χ1) is 15.4. The van der Waals surface area contributed by atoms with Gasteiger partial charge in [-0.25, -0.2) is 4.31 Å². The summed E-state index contributed by atoms with van der Waals surface area (Å²) in [4.78, 5) is 1.49. The van der Waals surface area contributed by atoms with E-state index in [1.54, 1.807) is 0 Å². The van der Waals surface area contributed by atoms with Gasteiger partial charge in [-0.2, -0.15) is 0 Å². The van der Waals surface area contributed by atoms with Crippen LogP contribution in [0, 0.1) is 22.7 Å². The summed E-state index contributed by atoms with van der Waals surface area (Å²) in [5.74, 6) is 1.85. The Hall–Kier alpha value is -1.25. The number of fused-ring (bicyclic) bond motifs is 1. The highest BCUT2D eigenvalue weighted by molar-refractivity contribution is 8.00. The molecule has 1 aliphatic heterocycles. The third-order valence-electron chi connectivity index (χ3n) is 8.03. The van der Waals surface area contributed by atoms with Crippen LogP contribution < -0.4 is 0 Å². The van der Waals surface area contributed by atoms with Gasteiger partial charge in [-0.1, -0.05) is 95.2 Å². The molecule has 0 amide bonds. The SMILES string of the molecule is CCC[C@H]1CCC2(Cc3ccccc3)CN(SC3=CC=C(C(C)(C)C)C=CC3)CCC2C1. The summed E-state index contributed by atoms with van der Waals surface area (Å²) in [5.41, 5.74) is 3.63. The molecule has 2 aliphatic carbocycles. The Morgan fingerprint density at radius 3 is 2.66 bits per heavy atom. The van der Waals surface area contributed by atoms with Gasteiger partial charge >= 0.3 is 0 Å². The third kappa shape index (κ3) is 5.81. The van der Waals surface area contributed by atoms with Gasteiger partial charge in [0.15, 0.2) is 0 Å². The fourth-order valence-electron chi connectivity index (χ4n) is 6.21. The van der Waals surface area contributed by atoms with Crippen LogP contribution in [0.4, 0.5) is 0 Å². The highest BCUT2D eigenvalue weighted by Gasteiger charge is 2.46. The van der Waals surface area contributed by atoms with Crippen molar-refractivity contribution in [2.75, 3.05) is 13.1 Å². The molecule has 0 bridgehead atoms. The zero-order valence-electron chi connectivity index (χ0n) is 20.8. The van der Waals surface area contributed by atoms with Crippen molar-refractivity contribution in [3.8, 4) is 0 Å². The highest BCUT2D eigenvalue weighted by atomic mass is 32.2. The van der Waals surface area contributed by atoms with Crippen molar-refractivity contribution in [3.05, 3.63) is 70.7 Å². The molecule has 2 fully saturated rings. The van der Waals surface area contributed by atoms with E-state index in [0.717, 1.165) is 18.3 Å². The van der Waals surface area contributed by atoms with Crippen LogP contribution in [-0.4, -0.2) is 17.4 Å². The van der Waals surface area contributed by atoms with E-state index in [1.165, 1.54) is 74.1 Å². The summed E-state index contributed by atoms with van der Waals surface area (Å²) >= 11 is 2.04. The minimum atomic E-state index is 0.211. The van der Waals surface area contributed by atoms with Crippen molar-refractivity contribution < 1.29 is 0 Å². The smallest absolute Gasteiger partial charge is 0.0155 e. The molecule has 174 valence electrons. The number of rotatable bonds is 6. The van der Waals surface area contributed by atoms with Gasteiger partial charge in [-0.05, 0) is 84.3 Å². The average molecular weight is 450 g/mol. The Morgan fingerprint density at radius 1 is 1.09 bits per heavy atom. The largest absolute Gasteiger partial charge is 0.246 e. The van der Waals surface area contributed by atoms with Gasteiger partial charge in [-0.15, -0.1) is 0 Å². The van der Waals surface area contributed by atoms with Gasteiger partial charge < -0.3 is 0 Å². The van der Waals surface area contributed by atoms with Gasteiger partial charge in [0.2, 0.25) is 0 Å². The maximum Gasteiger partial charge on any atom is 0.0155 e. The van der Waals surface area contributed by atoms with E-state index in [4.69, 9.17) is 0 Å². The van der Waals surface area contributed by atoms with Crippen LogP contribution >= 0.6 is 11.9 Å². The molecule has 2 heteroatoms. The second-order valence-electron chi connectivity index (χ2n) is 11.5. The topological polar surface area (TPSA) is 3.24 Å². The highest BCUT2D eigenvalue weighted by Crippen LogP contribution is 2.52. The van der Waals surface area contributed by atoms with Crippen LogP contribution in [0.2, 0.25) is 0 Å². The van der Waals surface area contributed by atoms with Crippen LogP contribution in [0.1, 0.15) is 78.2 Å². The second-order valence-corrected chi connectivity index (χ2v) is 12.7. The fourth-order valence-corrected chi connectivity index (χ4v) is 7.36. The lowest BCUT2D eigenvalue weighted by atomic mass is 9.58. The minimum absolute atomic E-state index is 0.211. The number of allylic oxidation sites excluding steroid dienone is 6. The lowest BCUT2D eigenvalue weighted by Gasteiger charge is -2.53. The van der Waals surface area contributed by atoms with E-state index in [-0.39, 0.29) is 5.41 Å². The molecule has 32 heavy (non-hydrogen) atoms. The molecule has 1 aromatic rings. The number of nitrogens with zero attached hydrogens (tertiary/aromatic N) is 1. The lowest BCUT2D eigenvalue weighted by Crippen LogP contribution is -2.50. The monoisotopic (exact) mass is 449 g/mol. The van der Waals surface area contributed by atoms with Crippen molar-refractivity contribution in [1.82, 2.24) is 4.31 Å². The molecule has 3 aliphatic rings. The third-order valence-corrected chi connectivity index (χ3v) is 9.13. The van der Waals surface area contributed by atoms with Crippen LogP contribution in [0.5, 0.6) is 0 Å². The molecule has 1 nitrogen and oxygen atoms in total. The first-order valence-corrected chi connectivity index (χ1v) is 13.7. The molecule has 0 spiro atoms. The van der Waals surface area contributed by atoms with Gasteiger partial charge in [-0.3, -0.25) is 0 Å². The van der Waals surface area contributed by atoms with Gasteiger partial charge in [0.05, 0.1) is 0 Å². The summed E-state index contributed by atoms with van der Waals surface area (Å²) < 4.78 is 2.72. The maximum absolute atomic E-state index is 2.72. The number of piperidine rings is 1. The summed E-state index contributed by atoms with van der Waals surface area (Å²) in [6, 6.07) is 11.3. The van der Waals surface area contributed by atoms with E-state index in [0.29, 0.717) is 5.41 Å². The lowest BCUT2D eigenvalue weighted by molar-refractivity contribution is 0.00572. The number of hydrogen-bond donors (Lipinski definition) is 0. The van der Waals surface area contributed by atoms with Crippen LogP contribution in [0.3, 0.4) is 0 Å². The first-order valence-electron chi connectivity index (χ1n) is 12.9. The van der Waals surface area contributed by atoms with Gasteiger partial charge in [0.1, 0.15) is 0 Å². The van der Waals surface area contributed by atoms with Crippen LogP contribution in [0.15, 0.2) is 65.1 Å². The van der Waals surface area contributed by atoms with E-state index < -0.39 is 0 Å². The van der Waals surface area contributed by atoms with E-state index in [1.807, 2.05) is 11.9 Å². The van der Waals surface area contributed by atoms with E-state index in [9.17, 15) is 0 Å². The molecule has 3 atom stereocenters. The molecule has 0 aromatic heterocycles. The quantitative estimate of drug-likeness (QED) is 0.400. The standard InChI is InChI=1S/C30H43NS/c1-5-10-24-17-19-30(22-25-11-7-6-8-12-25)23-31(20-18-27(30)21-24)32-28-14-9-13-26(15-16-28)29(2,3)4/h6-9,11-13,15-16,24,27H,5,10,14,17-23H2,1-4H3/t24-,27?,30?/m0/s1. The molecular formula is C30H43NS. The van der Waals surface area contributed by atoms with Crippen molar-refractivity contribution in [3.63, 3.8) is 0 Å². The van der Waals surface area contributed by atoms with Crippen LogP contribution in [-0.2, 0) is 6.42 Å². The van der Waals surface area contributed by atoms with Crippen LogP contribution in [0.25, 0.3) is 0 Å². The maximum atomic E-state index is 2.72. The Morgan fingerprint density at radius 2 is 1.91 bits per heavy atom. The molecule has 2 unspecified atom stereocenters.